The summed E-state index contributed by atoms with van der Waals surface area (Å²) in [4.78, 5) is 25.2. The van der Waals surface area contributed by atoms with Gasteiger partial charge in [-0.05, 0) is 6.07 Å². The molecule has 1 aliphatic heterocycles. The molecule has 18 heavy (non-hydrogen) atoms. The zero-order chi connectivity index (χ0) is 13.0. The Kier molecular flexibility index (Phi) is 4.10. The van der Waals surface area contributed by atoms with Crippen LogP contribution in [0.2, 0.25) is 0 Å². The van der Waals surface area contributed by atoms with E-state index in [1.54, 1.807) is 4.90 Å². The number of piperazine rings is 1. The van der Waals surface area contributed by atoms with Gasteiger partial charge in [0.25, 0.3) is 0 Å². The Morgan fingerprint density at radius 1 is 1.39 bits per heavy atom. The van der Waals surface area contributed by atoms with E-state index in [1.165, 1.54) is 11.3 Å². The quantitative estimate of drug-likeness (QED) is 0.561. The van der Waals surface area contributed by atoms with E-state index < -0.39 is 0 Å². The third-order valence-electron chi connectivity index (χ3n) is 2.36. The van der Waals surface area contributed by atoms with Crippen LogP contribution in [0.4, 0.5) is 0 Å². The molecule has 2 amide bonds. The van der Waals surface area contributed by atoms with Crippen LogP contribution in [-0.2, 0) is 16.1 Å². The van der Waals surface area contributed by atoms with E-state index in [0.717, 1.165) is 10.4 Å². The van der Waals surface area contributed by atoms with Crippen molar-refractivity contribution >= 4 is 23.2 Å². The lowest BCUT2D eigenvalue weighted by Gasteiger charge is -2.24. The van der Waals surface area contributed by atoms with Crippen LogP contribution in [0.3, 0.4) is 0 Å². The molecule has 1 fully saturated rings. The van der Waals surface area contributed by atoms with E-state index in [2.05, 4.69) is 17.2 Å². The molecule has 6 heteroatoms. The number of hydrogen-bond acceptors (Lipinski definition) is 5. The first-order valence-corrected chi connectivity index (χ1v) is 6.27. The molecule has 0 aromatic carbocycles. The molecule has 0 bridgehead atoms. The number of thiophene rings is 1. The number of carbonyl (C=O) groups is 2. The Morgan fingerprint density at radius 2 is 2.11 bits per heavy atom. The normalized spacial score (nSPS) is 16.1. The van der Waals surface area contributed by atoms with Crippen LogP contribution >= 0.6 is 11.3 Å². The molecule has 0 spiro atoms. The molecule has 5 nitrogen and oxygen atoms in total. The molecule has 2 rings (SSSR count). The minimum Gasteiger partial charge on any atom is -0.384 e. The molecule has 2 heterocycles. The van der Waals surface area contributed by atoms with Crippen LogP contribution in [0.25, 0.3) is 0 Å². The van der Waals surface area contributed by atoms with E-state index in [0.29, 0.717) is 6.54 Å². The molecule has 0 aliphatic carbocycles. The van der Waals surface area contributed by atoms with Crippen LogP contribution in [0.1, 0.15) is 10.4 Å². The number of amides is 2. The number of rotatable bonds is 2. The summed E-state index contributed by atoms with van der Waals surface area (Å²) in [6.45, 7) is 0.874. The minimum atomic E-state index is -0.261. The second-order valence-corrected chi connectivity index (χ2v) is 4.87. The van der Waals surface area contributed by atoms with Gasteiger partial charge in [0.15, 0.2) is 0 Å². The zero-order valence-corrected chi connectivity index (χ0v) is 10.4. The van der Waals surface area contributed by atoms with Gasteiger partial charge >= 0.3 is 0 Å². The minimum absolute atomic E-state index is 0.161. The molecule has 94 valence electrons. The molecule has 0 atom stereocenters. The van der Waals surface area contributed by atoms with Crippen molar-refractivity contribution in [2.24, 2.45) is 0 Å². The third kappa shape index (κ3) is 3.40. The van der Waals surface area contributed by atoms with Crippen molar-refractivity contribution in [3.63, 3.8) is 0 Å². The summed E-state index contributed by atoms with van der Waals surface area (Å²) in [6, 6.07) is 1.91. The lowest BCUT2D eigenvalue weighted by Crippen LogP contribution is -2.50. The summed E-state index contributed by atoms with van der Waals surface area (Å²) in [5.74, 6) is 4.87. The van der Waals surface area contributed by atoms with E-state index in [1.807, 2.05) is 11.4 Å². The van der Waals surface area contributed by atoms with Gasteiger partial charge in [-0.1, -0.05) is 11.8 Å². The Hall–Kier alpha value is -1.68. The molecule has 0 unspecified atom stereocenters. The first-order chi connectivity index (χ1) is 8.67. The van der Waals surface area contributed by atoms with Gasteiger partial charge in [-0.25, -0.2) is 0 Å². The summed E-state index contributed by atoms with van der Waals surface area (Å²) in [5.41, 5.74) is 0.844. The van der Waals surface area contributed by atoms with Crippen LogP contribution in [0.15, 0.2) is 11.4 Å². The highest BCUT2D eigenvalue weighted by atomic mass is 32.1. The standard InChI is InChI=1S/C12H12N2O3S/c15-3-1-2-9-4-10(18-8-9)5-14-6-11(16)13-12(17)7-14/h4,8,15H,3,5-7H2,(H,13,16,17). The van der Waals surface area contributed by atoms with Crippen LogP contribution < -0.4 is 5.32 Å². The number of hydrogen-bond donors (Lipinski definition) is 2. The van der Waals surface area contributed by atoms with Crippen molar-refractivity contribution in [2.75, 3.05) is 19.7 Å². The topological polar surface area (TPSA) is 69.6 Å². The predicted octanol–water partition coefficient (Wildman–Crippen LogP) is -0.450. The highest BCUT2D eigenvalue weighted by Crippen LogP contribution is 2.16. The summed E-state index contributed by atoms with van der Waals surface area (Å²) in [6.07, 6.45) is 0. The van der Waals surface area contributed by atoms with Gasteiger partial charge in [-0.2, -0.15) is 0 Å². The molecule has 1 aliphatic rings. The van der Waals surface area contributed by atoms with Crippen molar-refractivity contribution in [3.8, 4) is 11.8 Å². The Morgan fingerprint density at radius 3 is 2.78 bits per heavy atom. The lowest BCUT2D eigenvalue weighted by atomic mass is 10.3. The van der Waals surface area contributed by atoms with Crippen molar-refractivity contribution in [1.29, 1.82) is 0 Å². The van der Waals surface area contributed by atoms with Crippen LogP contribution in [0, 0.1) is 11.8 Å². The molecule has 1 aromatic rings. The average molecular weight is 264 g/mol. The summed E-state index contributed by atoms with van der Waals surface area (Å²) >= 11 is 1.53. The number of nitrogens with zero attached hydrogens (tertiary/aromatic N) is 1. The second kappa shape index (κ2) is 5.78. The van der Waals surface area contributed by atoms with Gasteiger partial charge in [0.05, 0.1) is 13.1 Å². The van der Waals surface area contributed by atoms with Gasteiger partial charge < -0.3 is 5.11 Å². The molecule has 1 saturated heterocycles. The highest BCUT2D eigenvalue weighted by molar-refractivity contribution is 7.10. The third-order valence-corrected chi connectivity index (χ3v) is 3.28. The predicted molar refractivity (Wildman–Crippen MR) is 66.7 cm³/mol. The van der Waals surface area contributed by atoms with Crippen molar-refractivity contribution in [2.45, 2.75) is 6.54 Å². The Bertz CT molecular complexity index is 511. The van der Waals surface area contributed by atoms with Crippen molar-refractivity contribution in [1.82, 2.24) is 10.2 Å². The van der Waals surface area contributed by atoms with Crippen LogP contribution in [-0.4, -0.2) is 41.5 Å². The summed E-state index contributed by atoms with van der Waals surface area (Å²) in [7, 11) is 0. The maximum absolute atomic E-state index is 11.2. The summed E-state index contributed by atoms with van der Waals surface area (Å²) < 4.78 is 0. The first-order valence-electron chi connectivity index (χ1n) is 5.39. The second-order valence-electron chi connectivity index (χ2n) is 3.88. The molecular weight excluding hydrogens is 252 g/mol. The van der Waals surface area contributed by atoms with Gasteiger partial charge in [-0.15, -0.1) is 11.3 Å². The van der Waals surface area contributed by atoms with Gasteiger partial charge in [-0.3, -0.25) is 19.8 Å². The first kappa shape index (κ1) is 12.8. The van der Waals surface area contributed by atoms with Crippen molar-refractivity contribution < 1.29 is 14.7 Å². The van der Waals surface area contributed by atoms with Gasteiger partial charge in [0, 0.05) is 22.4 Å². The lowest BCUT2D eigenvalue weighted by molar-refractivity contribution is -0.136. The zero-order valence-electron chi connectivity index (χ0n) is 9.60. The van der Waals surface area contributed by atoms with E-state index >= 15 is 0 Å². The molecular formula is C12H12N2O3S. The van der Waals surface area contributed by atoms with Crippen LogP contribution in [0.5, 0.6) is 0 Å². The number of carbonyl (C=O) groups excluding carboxylic acids is 2. The molecule has 2 N–H and O–H groups in total. The molecule has 1 aromatic heterocycles. The fourth-order valence-corrected chi connectivity index (χ4v) is 2.56. The molecule has 0 saturated carbocycles. The monoisotopic (exact) mass is 264 g/mol. The molecule has 0 radical (unpaired) electrons. The fourth-order valence-electron chi connectivity index (χ4n) is 1.70. The fraction of sp³-hybridized carbons (Fsp3) is 0.333. The van der Waals surface area contributed by atoms with E-state index in [9.17, 15) is 9.59 Å². The Balaban J connectivity index is 1.98. The maximum atomic E-state index is 11.2. The van der Waals surface area contributed by atoms with E-state index in [4.69, 9.17) is 5.11 Å². The highest BCUT2D eigenvalue weighted by Gasteiger charge is 2.22. The number of nitrogens with one attached hydrogen (secondary N) is 1. The smallest absolute Gasteiger partial charge is 0.240 e. The number of imide groups is 1. The average Bonchev–Trinajstić information content (AvgIpc) is 2.72. The number of aliphatic hydroxyl groups is 1. The number of aliphatic hydroxyl groups excluding tert-OH is 1. The Labute approximate surface area is 108 Å². The van der Waals surface area contributed by atoms with Gasteiger partial charge in [0.1, 0.15) is 6.61 Å². The van der Waals surface area contributed by atoms with Gasteiger partial charge in [0.2, 0.25) is 11.8 Å². The van der Waals surface area contributed by atoms with E-state index in [-0.39, 0.29) is 31.5 Å². The summed E-state index contributed by atoms with van der Waals surface area (Å²) in [5, 5.41) is 12.7. The SMILES string of the molecule is O=C1CN(Cc2cc(C#CCO)cs2)CC(=O)N1. The largest absolute Gasteiger partial charge is 0.384 e. The maximum Gasteiger partial charge on any atom is 0.240 e. The van der Waals surface area contributed by atoms with Crippen molar-refractivity contribution in [3.05, 3.63) is 21.9 Å².